The third-order valence-electron chi connectivity index (χ3n) is 3.51. The molecule has 2 rings (SSSR count). The molecule has 1 aliphatic rings. The van der Waals surface area contributed by atoms with Crippen LogP contribution in [0.4, 0.5) is 0 Å². The highest BCUT2D eigenvalue weighted by molar-refractivity contribution is 8.04. The molecule has 0 fully saturated rings. The molecule has 0 bridgehead atoms. The van der Waals surface area contributed by atoms with Crippen LogP contribution in [-0.4, -0.2) is 61.1 Å². The molecule has 1 aromatic rings. The first-order valence-corrected chi connectivity index (χ1v) is 8.60. The van der Waals surface area contributed by atoms with Gasteiger partial charge in [0.15, 0.2) is 0 Å². The minimum atomic E-state index is -0.795. The van der Waals surface area contributed by atoms with Crippen molar-refractivity contribution in [1.82, 2.24) is 10.1 Å². The Hall–Kier alpha value is -1.93. The fourth-order valence-electron chi connectivity index (χ4n) is 2.27. The summed E-state index contributed by atoms with van der Waals surface area (Å²) in [6.45, 7) is 1.03. The number of unbranched alkanes of at least 4 members (excludes halogenated alkanes) is 2. The molecule has 1 aromatic heterocycles. The zero-order valence-electron chi connectivity index (χ0n) is 14.0. The van der Waals surface area contributed by atoms with Crippen LogP contribution < -0.4 is 0 Å². The fourth-order valence-corrected chi connectivity index (χ4v) is 3.27. The van der Waals surface area contributed by atoms with E-state index in [2.05, 4.69) is 14.8 Å². The van der Waals surface area contributed by atoms with Gasteiger partial charge in [0.25, 0.3) is 0 Å². The Morgan fingerprint density at radius 2 is 2.04 bits per heavy atom. The molecule has 0 unspecified atom stereocenters. The van der Waals surface area contributed by atoms with Crippen molar-refractivity contribution in [1.29, 1.82) is 0 Å². The van der Waals surface area contributed by atoms with Crippen LogP contribution in [0.25, 0.3) is 0 Å². The summed E-state index contributed by atoms with van der Waals surface area (Å²) >= 11 is 1.32. The van der Waals surface area contributed by atoms with Crippen molar-refractivity contribution < 1.29 is 23.6 Å². The third kappa shape index (κ3) is 4.12. The topological polar surface area (TPSA) is 89.7 Å². The van der Waals surface area contributed by atoms with Gasteiger partial charge in [-0.25, -0.2) is 4.79 Å². The Morgan fingerprint density at radius 3 is 2.71 bits per heavy atom. The van der Waals surface area contributed by atoms with Crippen molar-refractivity contribution in [2.45, 2.75) is 19.3 Å². The second kappa shape index (κ2) is 8.25. The van der Waals surface area contributed by atoms with E-state index in [4.69, 9.17) is 4.52 Å². The number of fused-ring (bicyclic) bond motifs is 1. The van der Waals surface area contributed by atoms with Crippen molar-refractivity contribution >= 4 is 29.3 Å². The van der Waals surface area contributed by atoms with Crippen LogP contribution in [0.2, 0.25) is 0 Å². The predicted octanol–water partition coefficient (Wildman–Crippen LogP) is 2.19. The highest BCUT2D eigenvalue weighted by atomic mass is 32.2. The molecule has 0 radical (unpaired) electrons. The Labute approximate surface area is 144 Å². The van der Waals surface area contributed by atoms with Crippen molar-refractivity contribution in [3.63, 3.8) is 0 Å². The van der Waals surface area contributed by atoms with Gasteiger partial charge >= 0.3 is 5.97 Å². The summed E-state index contributed by atoms with van der Waals surface area (Å²) in [7, 11) is 5.24. The van der Waals surface area contributed by atoms with Gasteiger partial charge < -0.3 is 14.2 Å². The monoisotopic (exact) mass is 352 g/mol. The fraction of sp³-hybridized carbons (Fsp3) is 0.500. The Kier molecular flexibility index (Phi) is 6.33. The van der Waals surface area contributed by atoms with Crippen LogP contribution in [0, 0.1) is 0 Å². The van der Waals surface area contributed by atoms with Gasteiger partial charge in [-0.15, -0.1) is 11.8 Å². The first-order chi connectivity index (χ1) is 11.5. The lowest BCUT2D eigenvalue weighted by Gasteiger charge is -2.11. The molecule has 0 amide bonds. The molecule has 7 nitrogen and oxygen atoms in total. The van der Waals surface area contributed by atoms with Gasteiger partial charge in [-0.05, 0) is 39.2 Å². The molecule has 0 atom stereocenters. The van der Waals surface area contributed by atoms with Crippen molar-refractivity contribution in [2.75, 3.05) is 33.5 Å². The van der Waals surface area contributed by atoms with Gasteiger partial charge in [0.2, 0.25) is 23.0 Å². The second-order valence-corrected chi connectivity index (χ2v) is 6.78. The molecule has 0 aromatic carbocycles. The van der Waals surface area contributed by atoms with Crippen molar-refractivity contribution in [2.24, 2.45) is 0 Å². The summed E-state index contributed by atoms with van der Waals surface area (Å²) in [6, 6.07) is 0. The lowest BCUT2D eigenvalue weighted by Crippen LogP contribution is -2.18. The third-order valence-corrected chi connectivity index (χ3v) is 4.62. The van der Waals surface area contributed by atoms with Gasteiger partial charge in [-0.3, -0.25) is 9.59 Å². The van der Waals surface area contributed by atoms with Gasteiger partial charge in [0, 0.05) is 6.08 Å². The van der Waals surface area contributed by atoms with Gasteiger partial charge in [-0.2, -0.15) is 0 Å². The van der Waals surface area contributed by atoms with Gasteiger partial charge in [-0.1, -0.05) is 11.6 Å². The number of ketones is 2. The molecule has 8 heteroatoms. The standard InChI is InChI=1S/C16H20N2O5S/c1-18(2)7-5-4-6-8-24-11-9-10(19)15-12(14(11)20)13(17-23-15)16(21)22-3/h9H,4-8H2,1-3H3. The molecule has 0 spiro atoms. The van der Waals surface area contributed by atoms with E-state index in [1.807, 2.05) is 14.1 Å². The number of carbonyl (C=O) groups is 3. The van der Waals surface area contributed by atoms with E-state index < -0.39 is 17.5 Å². The maximum absolute atomic E-state index is 12.5. The van der Waals surface area contributed by atoms with E-state index in [9.17, 15) is 14.4 Å². The molecule has 0 aliphatic heterocycles. The molecule has 1 heterocycles. The largest absolute Gasteiger partial charge is 0.464 e. The predicted molar refractivity (Wildman–Crippen MR) is 89.4 cm³/mol. The van der Waals surface area contributed by atoms with Crippen molar-refractivity contribution in [3.05, 3.63) is 28.0 Å². The first kappa shape index (κ1) is 18.4. The Balaban J connectivity index is 1.99. The number of nitrogens with zero attached hydrogens (tertiary/aromatic N) is 2. The molecular formula is C16H20N2O5S. The van der Waals surface area contributed by atoms with Crippen molar-refractivity contribution in [3.8, 4) is 0 Å². The normalized spacial score (nSPS) is 13.9. The summed E-state index contributed by atoms with van der Waals surface area (Å²) in [6.07, 6.45) is 4.33. The first-order valence-electron chi connectivity index (χ1n) is 7.62. The molecule has 0 saturated carbocycles. The van der Waals surface area contributed by atoms with E-state index in [0.717, 1.165) is 31.6 Å². The van der Waals surface area contributed by atoms with E-state index >= 15 is 0 Å². The van der Waals surface area contributed by atoms with E-state index in [-0.39, 0.29) is 17.0 Å². The lowest BCUT2D eigenvalue weighted by molar-refractivity contribution is 0.0586. The number of ether oxygens (including phenoxy) is 1. The molecule has 130 valence electrons. The summed E-state index contributed by atoms with van der Waals surface area (Å²) in [5, 5.41) is 3.50. The van der Waals surface area contributed by atoms with Crippen LogP contribution in [0.1, 0.15) is 50.7 Å². The Morgan fingerprint density at radius 1 is 1.29 bits per heavy atom. The minimum Gasteiger partial charge on any atom is -0.464 e. The number of methoxy groups -OCH3 is 1. The summed E-state index contributed by atoms with van der Waals surface area (Å²) in [5.41, 5.74) is -0.340. The zero-order valence-corrected chi connectivity index (χ0v) is 14.8. The van der Waals surface area contributed by atoms with E-state index in [1.54, 1.807) is 0 Å². The molecule has 0 saturated heterocycles. The summed E-state index contributed by atoms with van der Waals surface area (Å²) in [5.74, 6) is -1.13. The SMILES string of the molecule is COC(=O)c1noc2c1C(=O)C(SCCCCCN(C)C)=CC2=O. The average molecular weight is 352 g/mol. The molecule has 0 N–H and O–H groups in total. The summed E-state index contributed by atoms with van der Waals surface area (Å²) < 4.78 is 9.41. The zero-order chi connectivity index (χ0) is 17.7. The minimum absolute atomic E-state index is 0.0931. The molecular weight excluding hydrogens is 332 g/mol. The number of Topliss-reactive ketones (excluding diaryl/α,β-unsaturated/α-hetero) is 1. The van der Waals surface area contributed by atoms with Crippen LogP contribution in [0.5, 0.6) is 0 Å². The average Bonchev–Trinajstić information content (AvgIpc) is 2.99. The van der Waals surface area contributed by atoms with Gasteiger partial charge in [0.1, 0.15) is 5.56 Å². The van der Waals surface area contributed by atoms with E-state index in [0.29, 0.717) is 4.91 Å². The summed E-state index contributed by atoms with van der Waals surface area (Å²) in [4.78, 5) is 38.7. The van der Waals surface area contributed by atoms with Gasteiger partial charge in [0.05, 0.1) is 12.0 Å². The van der Waals surface area contributed by atoms with Crippen LogP contribution in [0.3, 0.4) is 0 Å². The molecule has 24 heavy (non-hydrogen) atoms. The molecule has 1 aliphatic carbocycles. The Bertz CT molecular complexity index is 678. The highest BCUT2D eigenvalue weighted by Crippen LogP contribution is 2.31. The number of esters is 1. The number of hydrogen-bond donors (Lipinski definition) is 0. The number of hydrogen-bond acceptors (Lipinski definition) is 8. The van der Waals surface area contributed by atoms with Crippen LogP contribution in [0.15, 0.2) is 15.5 Å². The highest BCUT2D eigenvalue weighted by Gasteiger charge is 2.36. The van der Waals surface area contributed by atoms with Crippen LogP contribution >= 0.6 is 11.8 Å². The number of allylic oxidation sites excluding steroid dienone is 2. The quantitative estimate of drug-likeness (QED) is 0.519. The smallest absolute Gasteiger partial charge is 0.361 e. The number of aromatic nitrogens is 1. The van der Waals surface area contributed by atoms with E-state index in [1.165, 1.54) is 24.9 Å². The number of carbonyl (C=O) groups excluding carboxylic acids is 3. The maximum Gasteiger partial charge on any atom is 0.361 e. The van der Waals surface area contributed by atoms with Crippen LogP contribution in [-0.2, 0) is 4.74 Å². The lowest BCUT2D eigenvalue weighted by atomic mass is 10.00. The maximum atomic E-state index is 12.5. The number of thioether (sulfide) groups is 1. The number of rotatable bonds is 8. The second-order valence-electron chi connectivity index (χ2n) is 5.64.